The van der Waals surface area contributed by atoms with Crippen molar-refractivity contribution in [1.82, 2.24) is 15.1 Å². The summed E-state index contributed by atoms with van der Waals surface area (Å²) >= 11 is 1.24. The number of methoxy groups -OCH3 is 4. The molecule has 43 heavy (non-hydrogen) atoms. The van der Waals surface area contributed by atoms with Crippen molar-refractivity contribution in [3.05, 3.63) is 71.8 Å². The number of thiazole rings is 1. The summed E-state index contributed by atoms with van der Waals surface area (Å²) in [6, 6.07) is 18.2. The number of aryl methyl sites for hydroxylation is 1. The topological polar surface area (TPSA) is 156 Å². The van der Waals surface area contributed by atoms with E-state index in [4.69, 9.17) is 29.2 Å². The third-order valence-electron chi connectivity index (χ3n) is 6.51. The molecule has 0 spiro atoms. The van der Waals surface area contributed by atoms with E-state index in [1.54, 1.807) is 38.5 Å². The maximum atomic E-state index is 13.0. The maximum absolute atomic E-state index is 13.0. The molecule has 12 nitrogen and oxygen atoms in total. The molecule has 5 aromatic rings. The zero-order chi connectivity index (χ0) is 30.5. The fourth-order valence-electron chi connectivity index (χ4n) is 4.41. The second-order valence-corrected chi connectivity index (χ2v) is 10.2. The molecule has 0 saturated carbocycles. The van der Waals surface area contributed by atoms with E-state index in [0.29, 0.717) is 50.0 Å². The minimum atomic E-state index is -0.764. The van der Waals surface area contributed by atoms with Crippen molar-refractivity contribution in [3.8, 4) is 39.4 Å². The van der Waals surface area contributed by atoms with Gasteiger partial charge in [-0.1, -0.05) is 52.9 Å². The van der Waals surface area contributed by atoms with E-state index in [1.807, 2.05) is 43.3 Å². The van der Waals surface area contributed by atoms with Gasteiger partial charge in [-0.25, -0.2) is 4.98 Å². The van der Waals surface area contributed by atoms with Crippen LogP contribution < -0.4 is 30.6 Å². The first-order valence-electron chi connectivity index (χ1n) is 13.0. The van der Waals surface area contributed by atoms with Crippen LogP contribution in [0.3, 0.4) is 0 Å². The summed E-state index contributed by atoms with van der Waals surface area (Å²) in [4.78, 5) is 22.5. The van der Waals surface area contributed by atoms with Gasteiger partial charge in [-0.3, -0.25) is 4.79 Å². The van der Waals surface area contributed by atoms with Crippen molar-refractivity contribution in [3.63, 3.8) is 0 Å². The van der Waals surface area contributed by atoms with Crippen molar-refractivity contribution >= 4 is 39.6 Å². The summed E-state index contributed by atoms with van der Waals surface area (Å²) < 4.78 is 27.3. The monoisotopic (exact) mass is 602 g/mol. The molecule has 1 amide bonds. The third-order valence-corrected chi connectivity index (χ3v) is 7.49. The highest BCUT2D eigenvalue weighted by atomic mass is 32.1. The number of nitrogens with one attached hydrogen (secondary N) is 2. The Morgan fingerprint density at radius 2 is 1.65 bits per heavy atom. The SMILES string of the molecule is COc1cc(Nc2nc(N)c(-c3nc(-c4cc(NC(=O)[C@@H](OC)c5ccccc5)ccc4C)no3)s2)cc(OC)c1OC. The van der Waals surface area contributed by atoms with Crippen LogP contribution in [0.5, 0.6) is 17.2 Å². The van der Waals surface area contributed by atoms with Crippen LogP contribution in [-0.4, -0.2) is 49.5 Å². The highest BCUT2D eigenvalue weighted by molar-refractivity contribution is 7.19. The van der Waals surface area contributed by atoms with Gasteiger partial charge in [0.25, 0.3) is 11.8 Å². The highest BCUT2D eigenvalue weighted by Gasteiger charge is 2.22. The number of ether oxygens (including phenoxy) is 4. The molecule has 0 saturated heterocycles. The van der Waals surface area contributed by atoms with Crippen LogP contribution in [0.4, 0.5) is 22.3 Å². The predicted octanol–water partition coefficient (Wildman–Crippen LogP) is 5.85. The number of nitrogen functional groups attached to an aromatic ring is 1. The largest absolute Gasteiger partial charge is 0.493 e. The summed E-state index contributed by atoms with van der Waals surface area (Å²) in [5.74, 6) is 1.91. The van der Waals surface area contributed by atoms with Crippen molar-refractivity contribution in [2.45, 2.75) is 13.0 Å². The first-order chi connectivity index (χ1) is 20.8. The number of carbonyl (C=O) groups is 1. The average molecular weight is 603 g/mol. The lowest BCUT2D eigenvalue weighted by Gasteiger charge is -2.16. The number of carbonyl (C=O) groups excluding carboxylic acids is 1. The van der Waals surface area contributed by atoms with Gasteiger partial charge in [0.1, 0.15) is 10.7 Å². The number of anilines is 4. The van der Waals surface area contributed by atoms with E-state index in [0.717, 1.165) is 11.1 Å². The predicted molar refractivity (Wildman–Crippen MR) is 164 cm³/mol. The number of rotatable bonds is 11. The molecule has 222 valence electrons. The fourth-order valence-corrected chi connectivity index (χ4v) is 5.24. The van der Waals surface area contributed by atoms with E-state index in [1.165, 1.54) is 25.6 Å². The van der Waals surface area contributed by atoms with Gasteiger partial charge in [0.05, 0.1) is 21.3 Å². The molecule has 1 atom stereocenters. The molecule has 0 aliphatic rings. The normalized spacial score (nSPS) is 11.6. The highest BCUT2D eigenvalue weighted by Crippen LogP contribution is 2.42. The van der Waals surface area contributed by atoms with Crippen molar-refractivity contribution in [2.75, 3.05) is 44.8 Å². The summed E-state index contributed by atoms with van der Waals surface area (Å²) in [6.45, 7) is 1.92. The van der Waals surface area contributed by atoms with E-state index < -0.39 is 6.10 Å². The molecule has 2 heterocycles. The molecule has 0 aliphatic heterocycles. The number of nitrogens with zero attached hydrogens (tertiary/aromatic N) is 3. The standard InChI is InChI=1S/C30H30N6O6S/c1-16-11-12-18(32-28(37)23(40-4)17-9-7-6-8-10-17)13-20(16)27-35-29(42-36-27)25-26(31)34-30(43-25)33-19-14-21(38-2)24(41-5)22(15-19)39-3/h6-15,23H,31H2,1-5H3,(H,32,37)(H,33,34)/t23-/m0/s1. The molecular weight excluding hydrogens is 572 g/mol. The summed E-state index contributed by atoms with van der Waals surface area (Å²) in [6.07, 6.45) is -0.764. The molecule has 0 bridgehead atoms. The van der Waals surface area contributed by atoms with Crippen molar-refractivity contribution in [2.24, 2.45) is 0 Å². The van der Waals surface area contributed by atoms with Gasteiger partial charge in [-0.15, -0.1) is 0 Å². The van der Waals surface area contributed by atoms with Crippen LogP contribution in [0, 0.1) is 6.92 Å². The molecular formula is C30H30N6O6S. The average Bonchev–Trinajstić information content (AvgIpc) is 3.64. The number of aromatic nitrogens is 3. The Bertz CT molecular complexity index is 1710. The maximum Gasteiger partial charge on any atom is 0.272 e. The molecule has 3 aromatic carbocycles. The fraction of sp³-hybridized carbons (Fsp3) is 0.200. The van der Waals surface area contributed by atoms with E-state index in [2.05, 4.69) is 25.8 Å². The van der Waals surface area contributed by atoms with Gasteiger partial charge in [0, 0.05) is 36.2 Å². The molecule has 2 aromatic heterocycles. The second kappa shape index (κ2) is 12.8. The second-order valence-electron chi connectivity index (χ2n) is 9.24. The lowest BCUT2D eigenvalue weighted by Crippen LogP contribution is -2.22. The summed E-state index contributed by atoms with van der Waals surface area (Å²) in [5, 5.41) is 10.8. The van der Waals surface area contributed by atoms with Gasteiger partial charge in [0.2, 0.25) is 11.6 Å². The molecule has 0 unspecified atom stereocenters. The van der Waals surface area contributed by atoms with E-state index in [-0.39, 0.29) is 17.6 Å². The minimum Gasteiger partial charge on any atom is -0.493 e. The Kier molecular flexibility index (Phi) is 8.74. The van der Waals surface area contributed by atoms with Gasteiger partial charge in [-0.2, -0.15) is 4.98 Å². The lowest BCUT2D eigenvalue weighted by atomic mass is 10.1. The third kappa shape index (κ3) is 6.22. The number of hydrogen-bond donors (Lipinski definition) is 3. The Labute approximate surface area is 251 Å². The summed E-state index contributed by atoms with van der Waals surface area (Å²) in [7, 11) is 6.12. The van der Waals surface area contributed by atoms with Crippen LogP contribution in [0.2, 0.25) is 0 Å². The van der Waals surface area contributed by atoms with Gasteiger partial charge in [-0.05, 0) is 30.2 Å². The molecule has 0 fully saturated rings. The Morgan fingerprint density at radius 3 is 2.30 bits per heavy atom. The smallest absolute Gasteiger partial charge is 0.272 e. The first-order valence-corrected chi connectivity index (χ1v) is 13.8. The van der Waals surface area contributed by atoms with Crippen LogP contribution >= 0.6 is 11.3 Å². The van der Waals surface area contributed by atoms with Crippen molar-refractivity contribution in [1.29, 1.82) is 0 Å². The quantitative estimate of drug-likeness (QED) is 0.167. The molecule has 0 radical (unpaired) electrons. The van der Waals surface area contributed by atoms with Crippen molar-refractivity contribution < 1.29 is 28.3 Å². The molecule has 4 N–H and O–H groups in total. The van der Waals surface area contributed by atoms with Crippen LogP contribution in [0.15, 0.2) is 65.2 Å². The van der Waals surface area contributed by atoms with E-state index >= 15 is 0 Å². The van der Waals surface area contributed by atoms with Gasteiger partial charge < -0.3 is 39.8 Å². The van der Waals surface area contributed by atoms with E-state index in [9.17, 15) is 4.79 Å². The zero-order valence-electron chi connectivity index (χ0n) is 24.1. The number of amides is 1. The number of nitrogens with two attached hydrogens (primary N) is 1. The number of hydrogen-bond acceptors (Lipinski definition) is 12. The Balaban J connectivity index is 1.36. The zero-order valence-corrected chi connectivity index (χ0v) is 24.9. The molecule has 13 heteroatoms. The van der Waals surface area contributed by atoms with Crippen LogP contribution in [0.25, 0.3) is 22.2 Å². The molecule has 5 rings (SSSR count). The van der Waals surface area contributed by atoms with Gasteiger partial charge >= 0.3 is 0 Å². The lowest BCUT2D eigenvalue weighted by molar-refractivity contribution is -0.126. The van der Waals surface area contributed by atoms with Crippen LogP contribution in [0.1, 0.15) is 17.2 Å². The minimum absolute atomic E-state index is 0.209. The first kappa shape index (κ1) is 29.4. The number of benzene rings is 3. The Morgan fingerprint density at radius 1 is 0.930 bits per heavy atom. The van der Waals surface area contributed by atoms with Gasteiger partial charge in [0.15, 0.2) is 22.7 Å². The molecule has 0 aliphatic carbocycles. The Hall–Kier alpha value is -5.14. The van der Waals surface area contributed by atoms with Crippen LogP contribution in [-0.2, 0) is 9.53 Å². The summed E-state index contributed by atoms with van der Waals surface area (Å²) in [5.41, 5.74) is 9.76.